The van der Waals surface area contributed by atoms with Gasteiger partial charge in [-0.05, 0) is 37.5 Å². The number of rotatable bonds is 5. The van der Waals surface area contributed by atoms with Gasteiger partial charge >= 0.3 is 5.97 Å². The van der Waals surface area contributed by atoms with E-state index >= 15 is 0 Å². The number of aryl methyl sites for hydroxylation is 1. The molecule has 0 radical (unpaired) electrons. The molecule has 6 heteroatoms. The number of aromatic carboxylic acids is 1. The van der Waals surface area contributed by atoms with Crippen LogP contribution in [0.1, 0.15) is 65.5 Å². The lowest BCUT2D eigenvalue weighted by Crippen LogP contribution is -2.14. The van der Waals surface area contributed by atoms with Crippen LogP contribution in [0.2, 0.25) is 0 Å². The molecule has 0 bridgehead atoms. The van der Waals surface area contributed by atoms with Crippen molar-refractivity contribution in [2.45, 2.75) is 55.7 Å². The summed E-state index contributed by atoms with van der Waals surface area (Å²) in [6.07, 6.45) is 5.68. The van der Waals surface area contributed by atoms with Crippen LogP contribution in [0.3, 0.4) is 0 Å². The van der Waals surface area contributed by atoms with E-state index in [1.807, 2.05) is 6.07 Å². The van der Waals surface area contributed by atoms with E-state index in [0.717, 1.165) is 24.2 Å². The molecule has 132 valence electrons. The first-order valence-corrected chi connectivity index (χ1v) is 9.52. The van der Waals surface area contributed by atoms with Crippen LogP contribution in [0.5, 0.6) is 0 Å². The van der Waals surface area contributed by atoms with E-state index in [1.54, 1.807) is 13.0 Å². The molecule has 4 nitrogen and oxygen atoms in total. The first kappa shape index (κ1) is 17.9. The lowest BCUT2D eigenvalue weighted by atomic mass is 9.88. The van der Waals surface area contributed by atoms with Crippen LogP contribution in [0.4, 0.5) is 4.39 Å². The number of benzene rings is 1. The van der Waals surface area contributed by atoms with Crippen molar-refractivity contribution in [2.24, 2.45) is 0 Å². The maximum Gasteiger partial charge on any atom is 0.340 e. The Hall–Kier alpha value is -1.95. The van der Waals surface area contributed by atoms with Crippen molar-refractivity contribution < 1.29 is 14.3 Å². The smallest absolute Gasteiger partial charge is 0.340 e. The summed E-state index contributed by atoms with van der Waals surface area (Å²) in [6.45, 7) is 1.73. The molecule has 1 aliphatic carbocycles. The summed E-state index contributed by atoms with van der Waals surface area (Å²) in [6, 6.07) is 6.34. The second kappa shape index (κ2) is 7.95. The molecule has 1 N–H and O–H groups in total. The van der Waals surface area contributed by atoms with E-state index in [-0.39, 0.29) is 11.4 Å². The molecule has 2 aromatic rings. The fourth-order valence-corrected chi connectivity index (χ4v) is 4.26. The van der Waals surface area contributed by atoms with Gasteiger partial charge in [0.2, 0.25) is 0 Å². The van der Waals surface area contributed by atoms with Crippen LogP contribution in [0, 0.1) is 12.7 Å². The minimum Gasteiger partial charge on any atom is -0.478 e. The summed E-state index contributed by atoms with van der Waals surface area (Å²) >= 11 is 1.33. The van der Waals surface area contributed by atoms with Crippen molar-refractivity contribution in [1.29, 1.82) is 0 Å². The van der Waals surface area contributed by atoms with Crippen LogP contribution in [-0.4, -0.2) is 21.0 Å². The third-order valence-corrected chi connectivity index (χ3v) is 5.57. The van der Waals surface area contributed by atoms with Crippen molar-refractivity contribution in [2.75, 3.05) is 0 Å². The highest BCUT2D eigenvalue weighted by Gasteiger charge is 2.23. The predicted octanol–water partition coefficient (Wildman–Crippen LogP) is 4.96. The molecule has 0 amide bonds. The lowest BCUT2D eigenvalue weighted by molar-refractivity contribution is 0.0690. The Bertz CT molecular complexity index is 776. The quantitative estimate of drug-likeness (QED) is 0.603. The lowest BCUT2D eigenvalue weighted by Gasteiger charge is -2.21. The van der Waals surface area contributed by atoms with Crippen molar-refractivity contribution in [1.82, 2.24) is 9.97 Å². The summed E-state index contributed by atoms with van der Waals surface area (Å²) < 4.78 is 13.3. The van der Waals surface area contributed by atoms with Gasteiger partial charge in [0, 0.05) is 11.7 Å². The summed E-state index contributed by atoms with van der Waals surface area (Å²) in [5.41, 5.74) is 1.46. The number of aromatic nitrogens is 2. The Kier molecular flexibility index (Phi) is 5.68. The van der Waals surface area contributed by atoms with Crippen LogP contribution in [0.15, 0.2) is 29.3 Å². The highest BCUT2D eigenvalue weighted by molar-refractivity contribution is 7.98. The van der Waals surface area contributed by atoms with E-state index in [4.69, 9.17) is 0 Å². The van der Waals surface area contributed by atoms with Crippen LogP contribution >= 0.6 is 11.8 Å². The number of thioether (sulfide) groups is 1. The standard InChI is InChI=1S/C19H21FN2O2S/c1-12-16(19(23)24)18(25-11-13-6-5-9-15(20)10-13)22-17(21-12)14-7-3-2-4-8-14/h5-6,9-10,14H,2-4,7-8,11H2,1H3,(H,23,24). The van der Waals surface area contributed by atoms with Gasteiger partial charge < -0.3 is 5.11 Å². The fourth-order valence-electron chi connectivity index (χ4n) is 3.24. The molecular weight excluding hydrogens is 339 g/mol. The Morgan fingerprint density at radius 1 is 1.28 bits per heavy atom. The average molecular weight is 360 g/mol. The van der Waals surface area contributed by atoms with Gasteiger partial charge in [-0.1, -0.05) is 31.4 Å². The van der Waals surface area contributed by atoms with Crippen molar-refractivity contribution in [3.05, 3.63) is 52.7 Å². The molecule has 0 atom stereocenters. The molecule has 1 fully saturated rings. The minimum atomic E-state index is -1.02. The zero-order valence-electron chi connectivity index (χ0n) is 14.2. The summed E-state index contributed by atoms with van der Waals surface area (Å²) in [5, 5.41) is 10.0. The average Bonchev–Trinajstić information content (AvgIpc) is 2.60. The molecule has 3 rings (SSSR count). The van der Waals surface area contributed by atoms with Gasteiger partial charge in [0.1, 0.15) is 22.2 Å². The first-order valence-electron chi connectivity index (χ1n) is 8.53. The maximum absolute atomic E-state index is 13.3. The molecule has 25 heavy (non-hydrogen) atoms. The van der Waals surface area contributed by atoms with Crippen molar-refractivity contribution in [3.63, 3.8) is 0 Å². The largest absolute Gasteiger partial charge is 0.478 e. The highest BCUT2D eigenvalue weighted by Crippen LogP contribution is 2.33. The molecule has 1 aliphatic rings. The first-order chi connectivity index (χ1) is 12.0. The van der Waals surface area contributed by atoms with E-state index < -0.39 is 5.97 Å². The Labute approximate surface area is 150 Å². The molecule has 1 aromatic carbocycles. The van der Waals surface area contributed by atoms with E-state index in [1.165, 1.54) is 43.2 Å². The van der Waals surface area contributed by atoms with Crippen molar-refractivity contribution in [3.8, 4) is 0 Å². The Balaban J connectivity index is 1.88. The Morgan fingerprint density at radius 3 is 2.72 bits per heavy atom. The Morgan fingerprint density at radius 2 is 2.04 bits per heavy atom. The van der Waals surface area contributed by atoms with Gasteiger partial charge in [-0.15, -0.1) is 11.8 Å². The number of carboxylic acids is 1. The molecule has 1 heterocycles. The summed E-state index contributed by atoms with van der Waals surface area (Å²) in [7, 11) is 0. The zero-order valence-corrected chi connectivity index (χ0v) is 15.0. The molecular formula is C19H21FN2O2S. The number of hydrogen-bond acceptors (Lipinski definition) is 4. The normalized spacial score (nSPS) is 15.3. The summed E-state index contributed by atoms with van der Waals surface area (Å²) in [4.78, 5) is 20.7. The molecule has 0 saturated heterocycles. The SMILES string of the molecule is Cc1nc(C2CCCCC2)nc(SCc2cccc(F)c2)c1C(=O)O. The van der Waals surface area contributed by atoms with Crippen molar-refractivity contribution >= 4 is 17.7 Å². The molecule has 0 unspecified atom stereocenters. The zero-order chi connectivity index (χ0) is 17.8. The number of carbonyl (C=O) groups is 1. The van der Waals surface area contributed by atoms with Gasteiger partial charge in [0.05, 0.1) is 5.69 Å². The second-order valence-corrected chi connectivity index (χ2v) is 7.37. The number of halogens is 1. The monoisotopic (exact) mass is 360 g/mol. The third-order valence-electron chi connectivity index (χ3n) is 4.52. The van der Waals surface area contributed by atoms with Gasteiger partial charge in [-0.2, -0.15) is 0 Å². The van der Waals surface area contributed by atoms with E-state index in [0.29, 0.717) is 22.4 Å². The minimum absolute atomic E-state index is 0.154. The van der Waals surface area contributed by atoms with E-state index in [9.17, 15) is 14.3 Å². The van der Waals surface area contributed by atoms with Gasteiger partial charge in [-0.25, -0.2) is 19.2 Å². The van der Waals surface area contributed by atoms with Crippen LogP contribution < -0.4 is 0 Å². The number of hydrogen-bond donors (Lipinski definition) is 1. The highest BCUT2D eigenvalue weighted by atomic mass is 32.2. The van der Waals surface area contributed by atoms with Crippen LogP contribution in [-0.2, 0) is 5.75 Å². The molecule has 1 saturated carbocycles. The molecule has 0 aliphatic heterocycles. The predicted molar refractivity (Wildman–Crippen MR) is 95.5 cm³/mol. The molecule has 1 aromatic heterocycles. The van der Waals surface area contributed by atoms with Crippen LogP contribution in [0.25, 0.3) is 0 Å². The van der Waals surface area contributed by atoms with Gasteiger partial charge in [0.25, 0.3) is 0 Å². The van der Waals surface area contributed by atoms with Gasteiger partial charge in [0.15, 0.2) is 0 Å². The second-order valence-electron chi connectivity index (χ2n) is 6.41. The van der Waals surface area contributed by atoms with E-state index in [2.05, 4.69) is 9.97 Å². The number of nitrogens with zero attached hydrogens (tertiary/aromatic N) is 2. The third kappa shape index (κ3) is 4.37. The summed E-state index contributed by atoms with van der Waals surface area (Å²) in [5.74, 6) is 0.221. The number of carboxylic acid groups (broad SMARTS) is 1. The maximum atomic E-state index is 13.3. The van der Waals surface area contributed by atoms with Gasteiger partial charge in [-0.3, -0.25) is 0 Å². The topological polar surface area (TPSA) is 63.1 Å². The fraction of sp³-hybridized carbons (Fsp3) is 0.421. The molecule has 0 spiro atoms.